The van der Waals surface area contributed by atoms with Gasteiger partial charge >= 0.3 is 0 Å². The first-order valence-electron chi connectivity index (χ1n) is 6.86. The van der Waals surface area contributed by atoms with Gasteiger partial charge in [0, 0.05) is 35.1 Å². The molecule has 2 saturated heterocycles. The van der Waals surface area contributed by atoms with Gasteiger partial charge in [0.1, 0.15) is 0 Å². The van der Waals surface area contributed by atoms with E-state index in [4.69, 9.17) is 0 Å². The molecule has 1 unspecified atom stereocenters. The molecule has 2 aliphatic heterocycles. The van der Waals surface area contributed by atoms with Crippen LogP contribution in [0.15, 0.2) is 22.7 Å². The minimum Gasteiger partial charge on any atom is -0.338 e. The molecule has 1 atom stereocenters. The lowest BCUT2D eigenvalue weighted by Crippen LogP contribution is -2.33. The van der Waals surface area contributed by atoms with Crippen molar-refractivity contribution >= 4 is 21.8 Å². The van der Waals surface area contributed by atoms with Crippen molar-refractivity contribution in [3.63, 3.8) is 0 Å². The molecule has 1 N–H and O–H groups in total. The molecule has 1 spiro atoms. The van der Waals surface area contributed by atoms with E-state index in [1.807, 2.05) is 30.0 Å². The van der Waals surface area contributed by atoms with Gasteiger partial charge in [-0.05, 0) is 50.1 Å². The van der Waals surface area contributed by atoms with E-state index >= 15 is 0 Å². The molecule has 102 valence electrons. The third kappa shape index (κ3) is 2.43. The van der Waals surface area contributed by atoms with Crippen molar-refractivity contribution in [2.45, 2.75) is 19.8 Å². The van der Waals surface area contributed by atoms with Gasteiger partial charge in [-0.1, -0.05) is 15.9 Å². The Morgan fingerprint density at radius 2 is 2.26 bits per heavy atom. The van der Waals surface area contributed by atoms with Crippen LogP contribution in [0.5, 0.6) is 0 Å². The van der Waals surface area contributed by atoms with Crippen molar-refractivity contribution < 1.29 is 4.79 Å². The lowest BCUT2D eigenvalue weighted by Gasteiger charge is -2.23. The Bertz CT molecular complexity index is 509. The highest BCUT2D eigenvalue weighted by atomic mass is 79.9. The van der Waals surface area contributed by atoms with E-state index in [9.17, 15) is 4.79 Å². The molecule has 3 rings (SSSR count). The van der Waals surface area contributed by atoms with E-state index in [0.717, 1.165) is 48.2 Å². The number of carbonyl (C=O) groups is 1. The second-order valence-electron chi connectivity index (χ2n) is 5.86. The van der Waals surface area contributed by atoms with E-state index in [1.165, 1.54) is 6.42 Å². The van der Waals surface area contributed by atoms with Crippen LogP contribution in [-0.2, 0) is 0 Å². The fraction of sp³-hybridized carbons (Fsp3) is 0.533. The number of hydrogen-bond donors (Lipinski definition) is 1. The van der Waals surface area contributed by atoms with Gasteiger partial charge in [0.2, 0.25) is 0 Å². The molecule has 0 aliphatic carbocycles. The molecule has 0 bridgehead atoms. The van der Waals surface area contributed by atoms with Gasteiger partial charge in [-0.2, -0.15) is 0 Å². The van der Waals surface area contributed by atoms with Crippen molar-refractivity contribution in [1.29, 1.82) is 0 Å². The summed E-state index contributed by atoms with van der Waals surface area (Å²) in [4.78, 5) is 14.6. The van der Waals surface area contributed by atoms with Crippen LogP contribution >= 0.6 is 15.9 Å². The molecule has 0 aromatic heterocycles. The van der Waals surface area contributed by atoms with Crippen LogP contribution in [-0.4, -0.2) is 37.0 Å². The first kappa shape index (κ1) is 13.1. The average Bonchev–Trinajstić information content (AvgIpc) is 3.00. The Balaban J connectivity index is 1.78. The minimum absolute atomic E-state index is 0.189. The highest BCUT2D eigenvalue weighted by molar-refractivity contribution is 9.10. The number of carbonyl (C=O) groups excluding carboxylic acids is 1. The maximum atomic E-state index is 12.6. The van der Waals surface area contributed by atoms with Crippen molar-refractivity contribution in [2.75, 3.05) is 26.2 Å². The normalized spacial score (nSPS) is 26.3. The average molecular weight is 323 g/mol. The van der Waals surface area contributed by atoms with Crippen molar-refractivity contribution in [3.8, 4) is 0 Å². The van der Waals surface area contributed by atoms with Gasteiger partial charge in [-0.25, -0.2) is 0 Å². The predicted molar refractivity (Wildman–Crippen MR) is 79.3 cm³/mol. The monoisotopic (exact) mass is 322 g/mol. The summed E-state index contributed by atoms with van der Waals surface area (Å²) >= 11 is 3.44. The lowest BCUT2D eigenvalue weighted by molar-refractivity contribution is 0.0775. The number of halogens is 1. The van der Waals surface area contributed by atoms with E-state index in [-0.39, 0.29) is 5.91 Å². The fourth-order valence-corrected chi connectivity index (χ4v) is 3.77. The summed E-state index contributed by atoms with van der Waals surface area (Å²) in [5.74, 6) is 0.189. The first-order valence-corrected chi connectivity index (χ1v) is 7.65. The minimum atomic E-state index is 0.189. The smallest absolute Gasteiger partial charge is 0.254 e. The molecule has 2 heterocycles. The number of nitrogens with one attached hydrogen (secondary N) is 1. The number of nitrogens with zero attached hydrogens (tertiary/aromatic N) is 1. The molecule has 2 aliphatic rings. The number of hydrogen-bond acceptors (Lipinski definition) is 2. The standard InChI is InChI=1S/C15H19BrN2O/c1-11-8-12(16)2-3-13(11)14(19)18-7-5-15(10-18)4-6-17-9-15/h2-3,8,17H,4-7,9-10H2,1H3. The zero-order valence-corrected chi connectivity index (χ0v) is 12.8. The van der Waals surface area contributed by atoms with E-state index in [1.54, 1.807) is 0 Å². The third-order valence-corrected chi connectivity index (χ3v) is 4.97. The van der Waals surface area contributed by atoms with Gasteiger partial charge < -0.3 is 10.2 Å². The Morgan fingerprint density at radius 3 is 2.95 bits per heavy atom. The molecule has 19 heavy (non-hydrogen) atoms. The second-order valence-corrected chi connectivity index (χ2v) is 6.78. The van der Waals surface area contributed by atoms with Crippen LogP contribution in [0.1, 0.15) is 28.8 Å². The largest absolute Gasteiger partial charge is 0.338 e. The highest BCUT2D eigenvalue weighted by Gasteiger charge is 2.42. The first-order chi connectivity index (χ1) is 9.10. The Kier molecular flexibility index (Phi) is 3.39. The zero-order valence-electron chi connectivity index (χ0n) is 11.2. The summed E-state index contributed by atoms with van der Waals surface area (Å²) in [6, 6.07) is 5.89. The van der Waals surface area contributed by atoms with Crippen LogP contribution in [0.4, 0.5) is 0 Å². The molecular formula is C15H19BrN2O. The molecule has 1 amide bonds. The van der Waals surface area contributed by atoms with Crippen LogP contribution < -0.4 is 5.32 Å². The molecule has 3 nitrogen and oxygen atoms in total. The van der Waals surface area contributed by atoms with E-state index < -0.39 is 0 Å². The van der Waals surface area contributed by atoms with Gasteiger partial charge in [-0.3, -0.25) is 4.79 Å². The van der Waals surface area contributed by atoms with Crippen molar-refractivity contribution in [2.24, 2.45) is 5.41 Å². The van der Waals surface area contributed by atoms with Gasteiger partial charge in [0.05, 0.1) is 0 Å². The summed E-state index contributed by atoms with van der Waals surface area (Å²) in [5.41, 5.74) is 2.23. The molecule has 0 saturated carbocycles. The molecule has 0 radical (unpaired) electrons. The second kappa shape index (κ2) is 4.91. The molecule has 4 heteroatoms. The quantitative estimate of drug-likeness (QED) is 0.862. The number of rotatable bonds is 1. The predicted octanol–water partition coefficient (Wildman–Crippen LogP) is 2.58. The third-order valence-electron chi connectivity index (χ3n) is 4.48. The Labute approximate surface area is 122 Å². The van der Waals surface area contributed by atoms with Crippen LogP contribution in [0.2, 0.25) is 0 Å². The van der Waals surface area contributed by atoms with Crippen molar-refractivity contribution in [1.82, 2.24) is 10.2 Å². The number of amides is 1. The number of aryl methyl sites for hydroxylation is 1. The van der Waals surface area contributed by atoms with E-state index in [0.29, 0.717) is 5.41 Å². The maximum Gasteiger partial charge on any atom is 0.254 e. The Morgan fingerprint density at radius 1 is 1.42 bits per heavy atom. The SMILES string of the molecule is Cc1cc(Br)ccc1C(=O)N1CCC2(CCNC2)C1. The lowest BCUT2D eigenvalue weighted by atomic mass is 9.86. The van der Waals surface area contributed by atoms with Gasteiger partial charge in [-0.15, -0.1) is 0 Å². The summed E-state index contributed by atoms with van der Waals surface area (Å²) in [6.07, 6.45) is 2.34. The summed E-state index contributed by atoms with van der Waals surface area (Å²) < 4.78 is 1.03. The molecule has 2 fully saturated rings. The summed E-state index contributed by atoms with van der Waals surface area (Å²) in [7, 11) is 0. The highest BCUT2D eigenvalue weighted by Crippen LogP contribution is 2.36. The summed E-state index contributed by atoms with van der Waals surface area (Å²) in [5, 5.41) is 3.43. The van der Waals surface area contributed by atoms with Crippen LogP contribution in [0, 0.1) is 12.3 Å². The fourth-order valence-electron chi connectivity index (χ4n) is 3.29. The molecular weight excluding hydrogens is 304 g/mol. The zero-order chi connectivity index (χ0) is 13.5. The maximum absolute atomic E-state index is 12.6. The number of benzene rings is 1. The molecule has 1 aromatic rings. The van der Waals surface area contributed by atoms with Crippen LogP contribution in [0.25, 0.3) is 0 Å². The van der Waals surface area contributed by atoms with Gasteiger partial charge in [0.25, 0.3) is 5.91 Å². The van der Waals surface area contributed by atoms with E-state index in [2.05, 4.69) is 21.2 Å². The summed E-state index contributed by atoms with van der Waals surface area (Å²) in [6.45, 7) is 5.97. The Hall–Kier alpha value is -0.870. The van der Waals surface area contributed by atoms with Crippen molar-refractivity contribution in [3.05, 3.63) is 33.8 Å². The molecule has 1 aromatic carbocycles. The van der Waals surface area contributed by atoms with Gasteiger partial charge in [0.15, 0.2) is 0 Å². The number of likely N-dealkylation sites (tertiary alicyclic amines) is 1. The topological polar surface area (TPSA) is 32.3 Å². The van der Waals surface area contributed by atoms with Crippen LogP contribution in [0.3, 0.4) is 0 Å².